The number of morpholine rings is 1. The number of aromatic amines is 1. The average molecular weight is 528 g/mol. The minimum Gasteiger partial charge on any atom is -0.378 e. The van der Waals surface area contributed by atoms with Crippen molar-refractivity contribution < 1.29 is 13.2 Å². The van der Waals surface area contributed by atoms with E-state index in [2.05, 4.69) is 30.8 Å². The first-order valence-corrected chi connectivity index (χ1v) is 14.9. The second-order valence-electron chi connectivity index (χ2n) is 9.42. The molecule has 1 unspecified atom stereocenters. The van der Waals surface area contributed by atoms with Gasteiger partial charge in [0.15, 0.2) is 11.6 Å². The number of sulfonamides is 1. The summed E-state index contributed by atoms with van der Waals surface area (Å²) in [5.41, 5.74) is 2.85. The third-order valence-corrected chi connectivity index (χ3v) is 8.68. The highest BCUT2D eigenvalue weighted by Crippen LogP contribution is 2.37. The lowest BCUT2D eigenvalue weighted by atomic mass is 10.1. The molecule has 3 aromatic heterocycles. The van der Waals surface area contributed by atoms with Crippen molar-refractivity contribution in [3.8, 4) is 11.4 Å². The van der Waals surface area contributed by atoms with E-state index in [4.69, 9.17) is 14.7 Å². The van der Waals surface area contributed by atoms with Gasteiger partial charge < -0.3 is 9.64 Å². The third kappa shape index (κ3) is 4.83. The Balaban J connectivity index is 1.37. The molecular weight excluding hydrogens is 498 g/mol. The minimum absolute atomic E-state index is 0.198. The van der Waals surface area contributed by atoms with Gasteiger partial charge in [0.25, 0.3) is 0 Å². The zero-order valence-electron chi connectivity index (χ0n) is 20.1. The fraction of sp³-hybridized carbons (Fsp3) is 0.458. The first-order valence-electron chi connectivity index (χ1n) is 12.2. The van der Waals surface area contributed by atoms with Crippen LogP contribution in [0.1, 0.15) is 17.7 Å². The highest BCUT2D eigenvalue weighted by molar-refractivity contribution is 7.88. The minimum atomic E-state index is -3.20. The van der Waals surface area contributed by atoms with Gasteiger partial charge in [-0.3, -0.25) is 10.00 Å². The predicted molar refractivity (Wildman–Crippen MR) is 142 cm³/mol. The number of nitrogens with zero attached hydrogens (tertiary/aromatic N) is 5. The van der Waals surface area contributed by atoms with Gasteiger partial charge in [0.2, 0.25) is 10.0 Å². The normalized spacial score (nSPS) is 19.6. The fourth-order valence-corrected chi connectivity index (χ4v) is 6.73. The zero-order valence-corrected chi connectivity index (χ0v) is 21.7. The molecule has 10 nitrogen and oxygen atoms in total. The molecule has 2 saturated heterocycles. The number of ether oxygens (including phenoxy) is 1. The van der Waals surface area contributed by atoms with Gasteiger partial charge in [-0.25, -0.2) is 23.1 Å². The second kappa shape index (κ2) is 9.67. The highest BCUT2D eigenvalue weighted by atomic mass is 32.2. The van der Waals surface area contributed by atoms with Gasteiger partial charge in [0.05, 0.1) is 41.4 Å². The van der Waals surface area contributed by atoms with Crippen LogP contribution < -0.4 is 9.62 Å². The lowest BCUT2D eigenvalue weighted by molar-refractivity contribution is 0.122. The summed E-state index contributed by atoms with van der Waals surface area (Å²) in [4.78, 5) is 16.0. The number of nitrogens with one attached hydrogen (secondary N) is 2. The van der Waals surface area contributed by atoms with Gasteiger partial charge in [0, 0.05) is 48.0 Å². The summed E-state index contributed by atoms with van der Waals surface area (Å²) in [6.07, 6.45) is 5.10. The number of rotatable bonds is 7. The lowest BCUT2D eigenvalue weighted by Crippen LogP contribution is -2.39. The molecule has 190 valence electrons. The Bertz CT molecular complexity index is 1490. The summed E-state index contributed by atoms with van der Waals surface area (Å²) < 4.78 is 32.6. The van der Waals surface area contributed by atoms with Crippen molar-refractivity contribution in [1.29, 1.82) is 0 Å². The quantitative estimate of drug-likeness (QED) is 0.377. The van der Waals surface area contributed by atoms with Crippen LogP contribution in [0.2, 0.25) is 0 Å². The Labute approximate surface area is 213 Å². The fourth-order valence-electron chi connectivity index (χ4n) is 5.10. The molecular formula is C24H29N7O3S2. The molecule has 6 rings (SSSR count). The smallest absolute Gasteiger partial charge is 0.208 e. The average Bonchev–Trinajstić information content (AvgIpc) is 3.61. The molecule has 5 heterocycles. The number of likely N-dealkylation sites (tertiary alicyclic amines) is 1. The number of hydrogen-bond acceptors (Lipinski definition) is 9. The van der Waals surface area contributed by atoms with Gasteiger partial charge in [-0.1, -0.05) is 12.1 Å². The van der Waals surface area contributed by atoms with Crippen LogP contribution in [0, 0.1) is 0 Å². The van der Waals surface area contributed by atoms with Crippen LogP contribution in [-0.4, -0.2) is 85.2 Å². The second-order valence-corrected chi connectivity index (χ2v) is 12.4. The monoisotopic (exact) mass is 527 g/mol. The Morgan fingerprint density at radius 2 is 2.08 bits per heavy atom. The van der Waals surface area contributed by atoms with Crippen LogP contribution in [0.3, 0.4) is 0 Å². The molecule has 36 heavy (non-hydrogen) atoms. The van der Waals surface area contributed by atoms with Gasteiger partial charge >= 0.3 is 0 Å². The topological polar surface area (TPSA) is 116 Å². The van der Waals surface area contributed by atoms with Crippen molar-refractivity contribution in [3.05, 3.63) is 35.3 Å². The maximum absolute atomic E-state index is 11.6. The van der Waals surface area contributed by atoms with E-state index in [0.717, 1.165) is 71.5 Å². The summed E-state index contributed by atoms with van der Waals surface area (Å²) in [6.45, 7) is 5.12. The molecule has 4 aromatic rings. The number of hydrogen-bond donors (Lipinski definition) is 2. The highest BCUT2D eigenvalue weighted by Gasteiger charge is 2.27. The number of aromatic nitrogens is 4. The summed E-state index contributed by atoms with van der Waals surface area (Å²) in [7, 11) is -3.20. The third-order valence-electron chi connectivity index (χ3n) is 6.88. The maximum Gasteiger partial charge on any atom is 0.208 e. The van der Waals surface area contributed by atoms with Crippen LogP contribution in [-0.2, 0) is 21.3 Å². The van der Waals surface area contributed by atoms with Gasteiger partial charge in [-0.05, 0) is 31.5 Å². The van der Waals surface area contributed by atoms with E-state index in [9.17, 15) is 8.42 Å². The molecule has 1 aromatic carbocycles. The van der Waals surface area contributed by atoms with Crippen molar-refractivity contribution in [2.45, 2.75) is 25.4 Å². The Hall–Kier alpha value is -2.64. The number of H-pyrrole nitrogens is 1. The van der Waals surface area contributed by atoms with Crippen LogP contribution in [0.4, 0.5) is 5.82 Å². The summed E-state index contributed by atoms with van der Waals surface area (Å²) >= 11 is 1.73. The number of anilines is 1. The largest absolute Gasteiger partial charge is 0.378 e. The van der Waals surface area contributed by atoms with E-state index in [-0.39, 0.29) is 6.04 Å². The molecule has 0 radical (unpaired) electrons. The molecule has 12 heteroatoms. The molecule has 0 saturated carbocycles. The zero-order chi connectivity index (χ0) is 24.7. The molecule has 2 aliphatic rings. The van der Waals surface area contributed by atoms with Gasteiger partial charge in [0.1, 0.15) is 0 Å². The summed E-state index contributed by atoms with van der Waals surface area (Å²) in [5, 5.41) is 8.24. The Kier molecular flexibility index (Phi) is 6.38. The van der Waals surface area contributed by atoms with Crippen LogP contribution in [0.15, 0.2) is 30.5 Å². The summed E-state index contributed by atoms with van der Waals surface area (Å²) in [6, 6.07) is 8.41. The standard InChI is InChI=1S/C24H29N7O3S2/c1-36(32,33)26-13-16-4-3-7-31(16)15-17-12-21-22(35-17)24(30-8-10-34-11-9-30)28-23(27-21)18-5-2-6-20-19(18)14-25-29-20/h2,5-6,12,14,16,26H,3-4,7-11,13,15H2,1H3,(H,25,29). The van der Waals surface area contributed by atoms with Crippen LogP contribution in [0.25, 0.3) is 32.5 Å². The number of fused-ring (bicyclic) bond motifs is 2. The molecule has 0 bridgehead atoms. The molecule has 2 fully saturated rings. The molecule has 0 amide bonds. The van der Waals surface area contributed by atoms with Gasteiger partial charge in [-0.2, -0.15) is 5.10 Å². The number of thiophene rings is 1. The van der Waals surface area contributed by atoms with E-state index in [1.54, 1.807) is 11.3 Å². The van der Waals surface area contributed by atoms with E-state index in [1.165, 1.54) is 11.1 Å². The SMILES string of the molecule is CS(=O)(=O)NCC1CCCN1Cc1cc2nc(-c3cccc4[nH]ncc34)nc(N3CCOCC3)c2s1. The number of benzene rings is 1. The van der Waals surface area contributed by atoms with Crippen molar-refractivity contribution >= 4 is 48.3 Å². The van der Waals surface area contributed by atoms with Crippen LogP contribution in [0.5, 0.6) is 0 Å². The molecule has 0 spiro atoms. The molecule has 2 aliphatic heterocycles. The molecule has 2 N–H and O–H groups in total. The van der Waals surface area contributed by atoms with Crippen molar-refractivity contribution in [3.63, 3.8) is 0 Å². The maximum atomic E-state index is 11.6. The first kappa shape index (κ1) is 23.7. The molecule has 1 atom stereocenters. The predicted octanol–water partition coefficient (Wildman–Crippen LogP) is 2.58. The van der Waals surface area contributed by atoms with E-state index in [0.29, 0.717) is 25.6 Å². The summed E-state index contributed by atoms with van der Waals surface area (Å²) in [5.74, 6) is 1.64. The first-order chi connectivity index (χ1) is 17.4. The lowest BCUT2D eigenvalue weighted by Gasteiger charge is -2.28. The Morgan fingerprint density at radius 3 is 2.92 bits per heavy atom. The van der Waals surface area contributed by atoms with E-state index >= 15 is 0 Å². The van der Waals surface area contributed by atoms with Crippen molar-refractivity contribution in [2.24, 2.45) is 0 Å². The van der Waals surface area contributed by atoms with E-state index < -0.39 is 10.0 Å². The van der Waals surface area contributed by atoms with E-state index in [1.807, 2.05) is 24.4 Å². The van der Waals surface area contributed by atoms with Gasteiger partial charge in [-0.15, -0.1) is 11.3 Å². The molecule has 0 aliphatic carbocycles. The van der Waals surface area contributed by atoms with Crippen LogP contribution >= 0.6 is 11.3 Å². The Morgan fingerprint density at radius 1 is 1.22 bits per heavy atom. The van der Waals surface area contributed by atoms with Crippen molar-refractivity contribution in [1.82, 2.24) is 29.8 Å². The van der Waals surface area contributed by atoms with Crippen molar-refractivity contribution in [2.75, 3.05) is 50.5 Å².